The number of aryl methyl sites for hydroxylation is 1. The molecule has 1 amide bonds. The van der Waals surface area contributed by atoms with Crippen molar-refractivity contribution in [3.05, 3.63) is 241 Å². The fourth-order valence-corrected chi connectivity index (χ4v) is 36.0. The molecule has 16 aromatic rings. The quantitative estimate of drug-likeness (QED) is 0.0229. The van der Waals surface area contributed by atoms with Crippen LogP contribution in [0.5, 0.6) is 34.5 Å². The molecule has 0 aliphatic heterocycles. The monoisotopic (exact) mass is 2270 g/mol. The molecule has 136 heavy (non-hydrogen) atoms. The third kappa shape index (κ3) is 27.4. The molecule has 0 spiro atoms. The van der Waals surface area contributed by atoms with E-state index in [1.807, 2.05) is 129 Å². The summed E-state index contributed by atoms with van der Waals surface area (Å²) in [7, 11) is -3.53. The number of amides is 1. The molecule has 4 aromatic carbocycles. The Morgan fingerprint density at radius 1 is 0.463 bits per heavy atom. The molecule has 12 heterocycles. The van der Waals surface area contributed by atoms with Gasteiger partial charge in [-0.15, -0.1) is 90.7 Å². The summed E-state index contributed by atoms with van der Waals surface area (Å²) in [6, 6.07) is 38.5. The molecule has 0 bridgehead atoms. The van der Waals surface area contributed by atoms with Crippen LogP contribution in [-0.4, -0.2) is 138 Å². The van der Waals surface area contributed by atoms with Crippen LogP contribution in [0, 0.1) is 49.7 Å². The third-order valence-corrected chi connectivity index (χ3v) is 52.0. The number of aromatic carboxylic acids is 1. The van der Waals surface area contributed by atoms with E-state index < -0.39 is 52.8 Å². The van der Waals surface area contributed by atoms with Crippen LogP contribution in [0.15, 0.2) is 169 Å². The van der Waals surface area contributed by atoms with Gasteiger partial charge in [-0.1, -0.05) is 31.0 Å². The number of allylic oxidation sites excluding steroid dienone is 2. The van der Waals surface area contributed by atoms with Crippen molar-refractivity contribution in [2.45, 2.75) is 124 Å². The summed E-state index contributed by atoms with van der Waals surface area (Å²) >= 11 is 15.0. The van der Waals surface area contributed by atoms with E-state index in [1.54, 1.807) is 146 Å². The zero-order chi connectivity index (χ0) is 98.0. The van der Waals surface area contributed by atoms with Gasteiger partial charge in [-0.05, 0) is 185 Å². The van der Waals surface area contributed by atoms with Gasteiger partial charge < -0.3 is 35.9 Å². The van der Waals surface area contributed by atoms with E-state index in [-0.39, 0.29) is 59.2 Å². The SMILES string of the molecule is CCN(CC)C(=O)c1ccsc1.CCOS(=O)(=O)c1ccc(C)cc1.CCOc1c2c[c]([Sn]([CH3])([CH3])[CH3])sc2c(OCC)c2c[c]([Sn]([CH3])([CH3])[CH3])sc12.CCOc1c2ccsc2c(OCC)c2ccsc12.O=C(O)c1ccsc1.O=C1c2ccsc2C(=O)c2ccsc21.[C-]#[N+]/C(C#N)=C\c1ccc(-c2cc3c(OCC)c4sc(-c5ccc(/C=C(\C#N)[N+]#[C-])s5)cc4c(OCC)c3s2)s1.[CH2-]CCC.[Li+]. The van der Waals surface area contributed by atoms with Crippen molar-refractivity contribution >= 4 is 285 Å². The predicted octanol–water partition coefficient (Wildman–Crippen LogP) is 27.5. The summed E-state index contributed by atoms with van der Waals surface area (Å²) in [6.45, 7) is 45.2. The average molecular weight is 2270 g/mol. The molecule has 0 atom stereocenters. The van der Waals surface area contributed by atoms with E-state index in [4.69, 9.17) is 57.2 Å². The fraction of sp³-hybridized carbons (Fsp3) is 0.277. The van der Waals surface area contributed by atoms with Crippen LogP contribution in [0.1, 0.15) is 149 Å². The van der Waals surface area contributed by atoms with Gasteiger partial charge in [0, 0.05) is 85.8 Å². The second kappa shape index (κ2) is 52.6. The Kier molecular flexibility index (Phi) is 43.0. The number of benzene rings is 4. The molecule has 704 valence electrons. The van der Waals surface area contributed by atoms with Gasteiger partial charge in [-0.2, -0.15) is 37.5 Å². The molecule has 0 unspecified atom stereocenters. The van der Waals surface area contributed by atoms with Crippen molar-refractivity contribution in [3.63, 3.8) is 0 Å². The number of carboxylic acid groups (broad SMARTS) is 1. The van der Waals surface area contributed by atoms with Gasteiger partial charge in [-0.25, -0.2) is 25.0 Å². The van der Waals surface area contributed by atoms with E-state index in [1.165, 1.54) is 103 Å². The van der Waals surface area contributed by atoms with Crippen LogP contribution in [0.3, 0.4) is 0 Å². The summed E-state index contributed by atoms with van der Waals surface area (Å²) in [5.41, 5.74) is 3.45. The van der Waals surface area contributed by atoms with E-state index >= 15 is 0 Å². The number of thiophene rings is 12. The van der Waals surface area contributed by atoms with Crippen LogP contribution >= 0.6 is 136 Å². The number of rotatable bonds is 26. The molecule has 0 saturated carbocycles. The Labute approximate surface area is 864 Å². The molecule has 0 saturated heterocycles. The summed E-state index contributed by atoms with van der Waals surface area (Å²) in [5, 5.41) is 48.3. The Balaban J connectivity index is 0.000000187. The summed E-state index contributed by atoms with van der Waals surface area (Å²) in [6.07, 6.45) is 5.50. The summed E-state index contributed by atoms with van der Waals surface area (Å²) in [5.74, 6) is 5.09. The Morgan fingerprint density at radius 3 is 1.14 bits per heavy atom. The molecule has 1 N–H and O–H groups in total. The van der Waals surface area contributed by atoms with Crippen LogP contribution < -0.4 is 53.1 Å². The predicted molar refractivity (Wildman–Crippen MR) is 580 cm³/mol. The number of carboxylic acids is 1. The van der Waals surface area contributed by atoms with E-state index in [0.717, 1.165) is 115 Å². The minimum atomic E-state index is -3.53. The van der Waals surface area contributed by atoms with Gasteiger partial charge >= 0.3 is 200 Å². The molecule has 12 aromatic heterocycles. The Morgan fingerprint density at radius 2 is 0.824 bits per heavy atom. The number of carbonyl (C=O) groups excluding carboxylic acids is 3. The van der Waals surface area contributed by atoms with Crippen molar-refractivity contribution in [3.8, 4) is 66.1 Å². The second-order valence-electron chi connectivity index (χ2n) is 31.0. The van der Waals surface area contributed by atoms with Crippen LogP contribution in [0.4, 0.5) is 0 Å². The molecular weight excluding hydrogens is 2170 g/mol. The molecule has 0 fully saturated rings. The van der Waals surface area contributed by atoms with Crippen LogP contribution in [0.2, 0.25) is 29.6 Å². The number of nitriles is 2. The zero-order valence-corrected chi connectivity index (χ0v) is 95.3. The third-order valence-electron chi connectivity index (χ3n) is 19.7. The van der Waals surface area contributed by atoms with Gasteiger partial charge in [0.2, 0.25) is 11.6 Å². The first-order valence-corrected chi connectivity index (χ1v) is 75.0. The van der Waals surface area contributed by atoms with Crippen LogP contribution in [-0.2, 0) is 14.3 Å². The second-order valence-corrected chi connectivity index (χ2v) is 75.2. The standard InChI is InChI=1S/C30H18N4O2S4.C14H14O2S2.C14H12O2S2.C10H4O2S2.C9H13NOS.C9H12O3S.C5H4O2S.C4H9.6CH3.Li.2Sn/c1-5-35-27-21-13-25(23-9-7-19(37-23)11-17(15-31)33-3)40-30(21)28(36-6-2)22-14-26(39-29(22)27)24-10-8-20(38-24)12-18(16-32)34-4;2*1-3-15-11-9-5-7-18-14(9)12(16-4-2)10-6-8-17-13(10)11;11-7-5-1-3-13-9(5)8(12)6-2-4-14-10(6)7;1-3-10(4-2)9(11)8-5-6-12-7-8;1-3-12-13(10,11)9-6-4-8(2)5-7-9;6-5(7)4-1-2-8-3-4;1-3-4-2;;;;;;;;;/h7-14H,5-6H2,1-2H3;5-8H,3-4H2,1-2H3;5-6H,3-4H2,1-2H3;1-4H;5-7H,3-4H2,1-2H3;4-7H,3H2,1-2H3;1-3H,(H,6,7);1,3-4H2,2H3;6*1H3;;;/q;;;;;;;-1;;;;;;;+1;;/b17-11-,18-12+;;;;;;;;;;;;;;;;. The minimum absolute atomic E-state index is 0. The average Bonchev–Trinajstić information content (AvgIpc) is 1.57. The molecule has 0 radical (unpaired) electrons. The Bertz CT molecular complexity index is 6590. The molecule has 35 heteroatoms. The summed E-state index contributed by atoms with van der Waals surface area (Å²) in [4.78, 5) is 75.9. The molecule has 1 aliphatic rings. The van der Waals surface area contributed by atoms with Crippen LogP contribution in [0.25, 0.3) is 102 Å². The van der Waals surface area contributed by atoms with E-state index in [0.29, 0.717) is 66.1 Å². The van der Waals surface area contributed by atoms with Crippen molar-refractivity contribution in [2.75, 3.05) is 59.3 Å². The van der Waals surface area contributed by atoms with Gasteiger partial charge in [0.05, 0.1) is 103 Å². The van der Waals surface area contributed by atoms with Gasteiger partial charge in [0.15, 0.2) is 0 Å². The maximum Gasteiger partial charge on any atom is 1.00 e. The fourth-order valence-electron chi connectivity index (χ4n) is 13.2. The van der Waals surface area contributed by atoms with Gasteiger partial charge in [0.25, 0.3) is 27.4 Å². The topological polar surface area (TPSA) is 247 Å². The first-order valence-electron chi connectivity index (χ1n) is 43.3. The number of unbranched alkanes of at least 4 members (excludes halogenated alkanes) is 1. The number of ether oxygens (including phenoxy) is 6. The van der Waals surface area contributed by atoms with Gasteiger partial charge in [-0.3, -0.25) is 18.6 Å². The number of ketones is 2. The van der Waals surface area contributed by atoms with Gasteiger partial charge in [0.1, 0.15) is 23.0 Å². The summed E-state index contributed by atoms with van der Waals surface area (Å²) < 4.78 is 74.0. The number of fused-ring (bicyclic) bond motifs is 8. The maximum atomic E-state index is 11.8. The Hall–Kier alpha value is -8.54. The van der Waals surface area contributed by atoms with Crippen molar-refractivity contribution in [1.82, 2.24) is 4.90 Å². The number of hydrogen-bond donors (Lipinski definition) is 1. The molecule has 1 aliphatic carbocycles. The zero-order valence-electron chi connectivity index (χ0n) is 78.9. The van der Waals surface area contributed by atoms with Crippen molar-refractivity contribution in [2.24, 2.45) is 0 Å². The maximum absolute atomic E-state index is 11.8. The normalized spacial score (nSPS) is 11.5. The molecule has 19 nitrogen and oxygen atoms in total. The molecular formula is C101H104LiN5O14S13Sn2. The molecule has 17 rings (SSSR count). The van der Waals surface area contributed by atoms with Crippen molar-refractivity contribution in [1.29, 1.82) is 10.5 Å². The van der Waals surface area contributed by atoms with E-state index in [9.17, 15) is 27.6 Å². The first kappa shape index (κ1) is 111. The smallest absolute Gasteiger partial charge is 0.492 e. The van der Waals surface area contributed by atoms with E-state index in [2.05, 4.69) is 118 Å². The number of carbonyl (C=O) groups is 4. The first-order chi connectivity index (χ1) is 64.8. The largest absolute Gasteiger partial charge is 1.00 e. The minimum Gasteiger partial charge on any atom is -0.492 e. The number of nitrogens with zero attached hydrogens (tertiary/aromatic N) is 5. The van der Waals surface area contributed by atoms with Crippen molar-refractivity contribution < 1.29 is 84.2 Å². The number of hydrogen-bond acceptors (Lipinski definition) is 27.